The summed E-state index contributed by atoms with van der Waals surface area (Å²) in [5, 5.41) is 7.78. The first-order chi connectivity index (χ1) is 11.7. The molecule has 4 heteroatoms. The normalized spacial score (nSPS) is 10.4. The largest absolute Gasteiger partial charge is 0.497 e. The third-order valence-corrected chi connectivity index (χ3v) is 3.93. The van der Waals surface area contributed by atoms with E-state index in [1.54, 1.807) is 7.11 Å². The zero-order chi connectivity index (χ0) is 16.9. The van der Waals surface area contributed by atoms with E-state index in [2.05, 4.69) is 17.6 Å². The number of aryl methyl sites for hydroxylation is 1. The quantitative estimate of drug-likeness (QED) is 0.706. The van der Waals surface area contributed by atoms with E-state index in [1.165, 1.54) is 5.56 Å². The molecule has 24 heavy (non-hydrogen) atoms. The molecule has 3 aromatic rings. The van der Waals surface area contributed by atoms with Gasteiger partial charge in [0.15, 0.2) is 0 Å². The molecule has 3 rings (SSSR count). The van der Waals surface area contributed by atoms with Gasteiger partial charge in [-0.2, -0.15) is 0 Å². The van der Waals surface area contributed by atoms with Crippen molar-refractivity contribution in [3.8, 4) is 5.75 Å². The van der Waals surface area contributed by atoms with Gasteiger partial charge in [-0.3, -0.25) is 0 Å². The summed E-state index contributed by atoms with van der Waals surface area (Å²) in [5.74, 6) is 0.757. The molecule has 122 valence electrons. The smallest absolute Gasteiger partial charge is 0.323 e. The topological polar surface area (TPSA) is 50.4 Å². The van der Waals surface area contributed by atoms with Gasteiger partial charge in [-0.15, -0.1) is 0 Å². The number of benzene rings is 3. The van der Waals surface area contributed by atoms with Crippen molar-refractivity contribution in [2.75, 3.05) is 17.7 Å². The molecular weight excluding hydrogens is 300 g/mol. The van der Waals surface area contributed by atoms with Crippen LogP contribution in [0.4, 0.5) is 16.2 Å². The first kappa shape index (κ1) is 15.9. The zero-order valence-corrected chi connectivity index (χ0v) is 13.8. The SMILES string of the molecule is CCc1cccc(NC(=O)Nc2cccc3ccc(OC)cc23)c1. The van der Waals surface area contributed by atoms with Crippen LogP contribution in [0.2, 0.25) is 0 Å². The van der Waals surface area contributed by atoms with Crippen LogP contribution in [0, 0.1) is 0 Å². The van der Waals surface area contributed by atoms with Gasteiger partial charge in [0.25, 0.3) is 0 Å². The van der Waals surface area contributed by atoms with Crippen molar-refractivity contribution in [3.05, 3.63) is 66.2 Å². The van der Waals surface area contributed by atoms with E-state index < -0.39 is 0 Å². The summed E-state index contributed by atoms with van der Waals surface area (Å²) < 4.78 is 5.28. The number of fused-ring (bicyclic) bond motifs is 1. The molecule has 0 aliphatic carbocycles. The van der Waals surface area contributed by atoms with Crippen molar-refractivity contribution < 1.29 is 9.53 Å². The predicted octanol–water partition coefficient (Wildman–Crippen LogP) is 5.05. The molecule has 0 saturated carbocycles. The van der Waals surface area contributed by atoms with Crippen LogP contribution in [0.15, 0.2) is 60.7 Å². The molecule has 0 unspecified atom stereocenters. The van der Waals surface area contributed by atoms with Gasteiger partial charge in [-0.1, -0.05) is 37.3 Å². The highest BCUT2D eigenvalue weighted by atomic mass is 16.5. The number of carbonyl (C=O) groups excluding carboxylic acids is 1. The lowest BCUT2D eigenvalue weighted by Gasteiger charge is -2.11. The fourth-order valence-electron chi connectivity index (χ4n) is 2.64. The first-order valence-electron chi connectivity index (χ1n) is 7.93. The molecule has 2 amide bonds. The third-order valence-electron chi connectivity index (χ3n) is 3.93. The molecule has 0 spiro atoms. The minimum absolute atomic E-state index is 0.265. The Morgan fingerprint density at radius 2 is 1.83 bits per heavy atom. The maximum absolute atomic E-state index is 12.3. The Labute approximate surface area is 141 Å². The standard InChI is InChI=1S/C20H20N2O2/c1-3-14-6-4-8-16(12-14)21-20(23)22-19-9-5-7-15-10-11-17(24-2)13-18(15)19/h4-13H,3H2,1-2H3,(H2,21,22,23). The number of nitrogens with one attached hydrogen (secondary N) is 2. The maximum atomic E-state index is 12.3. The summed E-state index contributed by atoms with van der Waals surface area (Å²) in [7, 11) is 1.63. The Bertz CT molecular complexity index is 874. The Morgan fingerprint density at radius 1 is 1.00 bits per heavy atom. The van der Waals surface area contributed by atoms with Gasteiger partial charge < -0.3 is 15.4 Å². The number of hydrogen-bond acceptors (Lipinski definition) is 2. The van der Waals surface area contributed by atoms with Crippen LogP contribution in [-0.2, 0) is 6.42 Å². The number of ether oxygens (including phenoxy) is 1. The van der Waals surface area contributed by atoms with Crippen LogP contribution in [-0.4, -0.2) is 13.1 Å². The lowest BCUT2D eigenvalue weighted by molar-refractivity contribution is 0.262. The number of rotatable bonds is 4. The Hall–Kier alpha value is -3.01. The Morgan fingerprint density at radius 3 is 2.62 bits per heavy atom. The van der Waals surface area contributed by atoms with E-state index in [9.17, 15) is 4.79 Å². The minimum atomic E-state index is -0.265. The van der Waals surface area contributed by atoms with E-state index in [4.69, 9.17) is 4.74 Å². The van der Waals surface area contributed by atoms with Crippen molar-refractivity contribution in [2.24, 2.45) is 0 Å². The molecule has 2 N–H and O–H groups in total. The molecule has 3 aromatic carbocycles. The number of amides is 2. The van der Waals surface area contributed by atoms with Crippen molar-refractivity contribution in [1.82, 2.24) is 0 Å². The van der Waals surface area contributed by atoms with Crippen molar-refractivity contribution in [2.45, 2.75) is 13.3 Å². The lowest BCUT2D eigenvalue weighted by Crippen LogP contribution is -2.19. The van der Waals surface area contributed by atoms with E-state index >= 15 is 0 Å². The van der Waals surface area contributed by atoms with E-state index in [0.29, 0.717) is 0 Å². The fourth-order valence-corrected chi connectivity index (χ4v) is 2.64. The Balaban J connectivity index is 1.82. The molecule has 0 aliphatic rings. The van der Waals surface area contributed by atoms with E-state index in [-0.39, 0.29) is 6.03 Å². The summed E-state index contributed by atoms with van der Waals surface area (Å²) in [6.07, 6.45) is 0.931. The second-order valence-electron chi connectivity index (χ2n) is 5.53. The molecule has 0 fully saturated rings. The number of hydrogen-bond donors (Lipinski definition) is 2. The second kappa shape index (κ2) is 7.04. The summed E-state index contributed by atoms with van der Waals surface area (Å²) in [6.45, 7) is 2.09. The zero-order valence-electron chi connectivity index (χ0n) is 13.8. The van der Waals surface area contributed by atoms with Crippen molar-refractivity contribution >= 4 is 28.2 Å². The average molecular weight is 320 g/mol. The summed E-state index contributed by atoms with van der Waals surface area (Å²) >= 11 is 0. The predicted molar refractivity (Wildman–Crippen MR) is 99.0 cm³/mol. The number of methoxy groups -OCH3 is 1. The Kier molecular flexibility index (Phi) is 4.66. The highest BCUT2D eigenvalue weighted by Crippen LogP contribution is 2.27. The van der Waals surface area contributed by atoms with Gasteiger partial charge in [0.2, 0.25) is 0 Å². The number of anilines is 2. The average Bonchev–Trinajstić information content (AvgIpc) is 2.61. The number of carbonyl (C=O) groups is 1. The van der Waals surface area contributed by atoms with Gasteiger partial charge in [-0.25, -0.2) is 4.79 Å². The van der Waals surface area contributed by atoms with Gasteiger partial charge in [0, 0.05) is 11.1 Å². The van der Waals surface area contributed by atoms with Crippen LogP contribution < -0.4 is 15.4 Å². The molecule has 0 heterocycles. The molecule has 0 atom stereocenters. The van der Waals surface area contributed by atoms with Crippen LogP contribution in [0.25, 0.3) is 10.8 Å². The first-order valence-corrected chi connectivity index (χ1v) is 7.93. The molecule has 0 aromatic heterocycles. The third kappa shape index (κ3) is 3.49. The summed E-state index contributed by atoms with van der Waals surface area (Å²) in [4.78, 5) is 12.3. The van der Waals surface area contributed by atoms with Crippen LogP contribution >= 0.6 is 0 Å². The molecule has 0 saturated heterocycles. The molecule has 0 aliphatic heterocycles. The highest BCUT2D eigenvalue weighted by molar-refractivity contribution is 6.06. The molecule has 4 nitrogen and oxygen atoms in total. The van der Waals surface area contributed by atoms with Crippen LogP contribution in [0.5, 0.6) is 5.75 Å². The molecule has 0 radical (unpaired) electrons. The van der Waals surface area contributed by atoms with E-state index in [0.717, 1.165) is 34.3 Å². The maximum Gasteiger partial charge on any atom is 0.323 e. The van der Waals surface area contributed by atoms with Crippen molar-refractivity contribution in [1.29, 1.82) is 0 Å². The van der Waals surface area contributed by atoms with Crippen molar-refractivity contribution in [3.63, 3.8) is 0 Å². The molecule has 0 bridgehead atoms. The van der Waals surface area contributed by atoms with E-state index in [1.807, 2.05) is 60.7 Å². The van der Waals surface area contributed by atoms with Crippen LogP contribution in [0.1, 0.15) is 12.5 Å². The highest BCUT2D eigenvalue weighted by Gasteiger charge is 2.07. The van der Waals surface area contributed by atoms with Crippen LogP contribution in [0.3, 0.4) is 0 Å². The minimum Gasteiger partial charge on any atom is -0.497 e. The fraction of sp³-hybridized carbons (Fsp3) is 0.150. The van der Waals surface area contributed by atoms with Gasteiger partial charge in [0.1, 0.15) is 5.75 Å². The second-order valence-corrected chi connectivity index (χ2v) is 5.53. The van der Waals surface area contributed by atoms with Gasteiger partial charge >= 0.3 is 6.03 Å². The monoisotopic (exact) mass is 320 g/mol. The number of urea groups is 1. The lowest BCUT2D eigenvalue weighted by atomic mass is 10.1. The molecular formula is C20H20N2O2. The summed E-state index contributed by atoms with van der Waals surface area (Å²) in [5.41, 5.74) is 2.71. The van der Waals surface area contributed by atoms with Gasteiger partial charge in [-0.05, 0) is 47.7 Å². The summed E-state index contributed by atoms with van der Waals surface area (Å²) in [6, 6.07) is 19.2. The van der Waals surface area contributed by atoms with Gasteiger partial charge in [0.05, 0.1) is 12.8 Å².